The van der Waals surface area contributed by atoms with Crippen LogP contribution in [-0.2, 0) is 0 Å². The lowest BCUT2D eigenvalue weighted by molar-refractivity contribution is 0.262. The standard InChI is InChI=1S/C16H31N5O/c1-6-21(7-2)10-8-9-18-15-14(17)16(20-13(5)19-15)22-11-12(3)4/h12H,6-11,17H2,1-5H3,(H,18,19,20). The first-order chi connectivity index (χ1) is 10.5. The summed E-state index contributed by atoms with van der Waals surface area (Å²) in [7, 11) is 0. The molecule has 0 amide bonds. The Labute approximate surface area is 134 Å². The molecule has 0 saturated heterocycles. The highest BCUT2D eigenvalue weighted by molar-refractivity contribution is 5.66. The number of nitrogen functional groups attached to an aromatic ring is 1. The Morgan fingerprint density at radius 1 is 1.23 bits per heavy atom. The Morgan fingerprint density at radius 2 is 1.91 bits per heavy atom. The van der Waals surface area contributed by atoms with E-state index in [1.54, 1.807) is 0 Å². The molecule has 0 bridgehead atoms. The van der Waals surface area contributed by atoms with Crippen molar-refractivity contribution < 1.29 is 4.74 Å². The Kier molecular flexibility index (Phi) is 7.95. The number of nitrogens with zero attached hydrogens (tertiary/aromatic N) is 3. The van der Waals surface area contributed by atoms with Gasteiger partial charge in [0.05, 0.1) is 6.61 Å². The van der Waals surface area contributed by atoms with Crippen molar-refractivity contribution in [3.8, 4) is 5.88 Å². The summed E-state index contributed by atoms with van der Waals surface area (Å²) in [5.74, 6) is 2.25. The van der Waals surface area contributed by atoms with Crippen LogP contribution < -0.4 is 15.8 Å². The molecule has 0 aliphatic rings. The molecule has 126 valence electrons. The first-order valence-electron chi connectivity index (χ1n) is 8.21. The van der Waals surface area contributed by atoms with Gasteiger partial charge in [-0.15, -0.1) is 0 Å². The maximum Gasteiger partial charge on any atom is 0.242 e. The van der Waals surface area contributed by atoms with Gasteiger partial charge in [0, 0.05) is 6.54 Å². The Bertz CT molecular complexity index is 446. The second-order valence-corrected chi connectivity index (χ2v) is 5.85. The van der Waals surface area contributed by atoms with Crippen molar-refractivity contribution in [3.05, 3.63) is 5.82 Å². The van der Waals surface area contributed by atoms with Gasteiger partial charge in [0.25, 0.3) is 0 Å². The van der Waals surface area contributed by atoms with Gasteiger partial charge in [-0.3, -0.25) is 0 Å². The second-order valence-electron chi connectivity index (χ2n) is 5.85. The SMILES string of the molecule is CCN(CC)CCCNc1nc(C)nc(OCC(C)C)c1N. The van der Waals surface area contributed by atoms with Gasteiger partial charge in [-0.2, -0.15) is 4.98 Å². The highest BCUT2D eigenvalue weighted by Gasteiger charge is 2.12. The van der Waals surface area contributed by atoms with E-state index in [0.717, 1.165) is 32.6 Å². The van der Waals surface area contributed by atoms with Gasteiger partial charge in [0.15, 0.2) is 5.82 Å². The second kappa shape index (κ2) is 9.46. The maximum atomic E-state index is 6.11. The molecule has 0 aromatic carbocycles. The van der Waals surface area contributed by atoms with E-state index in [9.17, 15) is 0 Å². The molecule has 1 rings (SSSR count). The largest absolute Gasteiger partial charge is 0.476 e. The van der Waals surface area contributed by atoms with Crippen LogP contribution in [0, 0.1) is 12.8 Å². The maximum absolute atomic E-state index is 6.11. The number of rotatable bonds is 10. The summed E-state index contributed by atoms with van der Waals surface area (Å²) >= 11 is 0. The zero-order chi connectivity index (χ0) is 16.5. The Hall–Kier alpha value is -1.56. The molecule has 22 heavy (non-hydrogen) atoms. The number of hydrogen-bond acceptors (Lipinski definition) is 6. The topological polar surface area (TPSA) is 76.3 Å². The highest BCUT2D eigenvalue weighted by atomic mass is 16.5. The van der Waals surface area contributed by atoms with Crippen LogP contribution in [0.15, 0.2) is 0 Å². The number of aromatic nitrogens is 2. The van der Waals surface area contributed by atoms with Gasteiger partial charge in [0.1, 0.15) is 11.5 Å². The fraction of sp³-hybridized carbons (Fsp3) is 0.750. The number of anilines is 2. The van der Waals surface area contributed by atoms with E-state index in [-0.39, 0.29) is 0 Å². The van der Waals surface area contributed by atoms with Crippen molar-refractivity contribution in [1.82, 2.24) is 14.9 Å². The average molecular weight is 309 g/mol. The third-order valence-corrected chi connectivity index (χ3v) is 3.41. The van der Waals surface area contributed by atoms with Crippen molar-refractivity contribution in [2.45, 2.75) is 41.0 Å². The molecule has 1 aromatic heterocycles. The predicted octanol–water partition coefficient (Wildman–Crippen LogP) is 2.55. The first kappa shape index (κ1) is 18.5. The van der Waals surface area contributed by atoms with Gasteiger partial charge in [-0.1, -0.05) is 27.7 Å². The summed E-state index contributed by atoms with van der Waals surface area (Å²) < 4.78 is 5.67. The van der Waals surface area contributed by atoms with Crippen molar-refractivity contribution in [2.75, 3.05) is 43.8 Å². The van der Waals surface area contributed by atoms with E-state index >= 15 is 0 Å². The van der Waals surface area contributed by atoms with Crippen LogP contribution in [0.1, 0.15) is 39.9 Å². The zero-order valence-electron chi connectivity index (χ0n) is 14.6. The van der Waals surface area contributed by atoms with Gasteiger partial charge >= 0.3 is 0 Å². The van der Waals surface area contributed by atoms with Crippen LogP contribution >= 0.6 is 0 Å². The molecule has 6 nitrogen and oxygen atoms in total. The van der Waals surface area contributed by atoms with Crippen molar-refractivity contribution in [2.24, 2.45) is 5.92 Å². The molecule has 0 spiro atoms. The molecular weight excluding hydrogens is 278 g/mol. The van der Waals surface area contributed by atoms with Crippen LogP contribution in [0.25, 0.3) is 0 Å². The highest BCUT2D eigenvalue weighted by Crippen LogP contribution is 2.26. The molecule has 0 aliphatic carbocycles. The van der Waals surface area contributed by atoms with Crippen LogP contribution in [0.2, 0.25) is 0 Å². The fourth-order valence-corrected chi connectivity index (χ4v) is 2.10. The van der Waals surface area contributed by atoms with E-state index in [4.69, 9.17) is 10.5 Å². The molecule has 1 aromatic rings. The lowest BCUT2D eigenvalue weighted by Gasteiger charge is -2.18. The molecule has 0 radical (unpaired) electrons. The minimum absolute atomic E-state index is 0.431. The lowest BCUT2D eigenvalue weighted by atomic mass is 10.2. The van der Waals surface area contributed by atoms with Crippen LogP contribution in [0.4, 0.5) is 11.5 Å². The lowest BCUT2D eigenvalue weighted by Crippen LogP contribution is -2.25. The molecule has 1 heterocycles. The molecule has 0 atom stereocenters. The van der Waals surface area contributed by atoms with Crippen LogP contribution in [0.3, 0.4) is 0 Å². The molecule has 0 unspecified atom stereocenters. The number of hydrogen-bond donors (Lipinski definition) is 2. The molecule has 3 N–H and O–H groups in total. The molecule has 0 fully saturated rings. The van der Waals surface area contributed by atoms with Crippen molar-refractivity contribution in [1.29, 1.82) is 0 Å². The third kappa shape index (κ3) is 6.05. The normalized spacial score (nSPS) is 11.2. The first-order valence-corrected chi connectivity index (χ1v) is 8.21. The van der Waals surface area contributed by atoms with E-state index in [0.29, 0.717) is 35.7 Å². The summed E-state index contributed by atoms with van der Waals surface area (Å²) in [5, 5.41) is 3.30. The van der Waals surface area contributed by atoms with Crippen molar-refractivity contribution in [3.63, 3.8) is 0 Å². The van der Waals surface area contributed by atoms with E-state index in [1.165, 1.54) is 0 Å². The molecular formula is C16H31N5O. The van der Waals surface area contributed by atoms with Crippen molar-refractivity contribution >= 4 is 11.5 Å². The number of aryl methyl sites for hydroxylation is 1. The number of nitrogens with two attached hydrogens (primary N) is 1. The van der Waals surface area contributed by atoms with Gasteiger partial charge in [-0.05, 0) is 38.9 Å². The quantitative estimate of drug-likeness (QED) is 0.647. The van der Waals surface area contributed by atoms with Crippen LogP contribution in [0.5, 0.6) is 5.88 Å². The minimum atomic E-state index is 0.431. The molecule has 0 aliphatic heterocycles. The molecule has 0 saturated carbocycles. The van der Waals surface area contributed by atoms with Gasteiger partial charge in [-0.25, -0.2) is 4.98 Å². The van der Waals surface area contributed by atoms with Crippen LogP contribution in [-0.4, -0.2) is 47.7 Å². The monoisotopic (exact) mass is 309 g/mol. The fourth-order valence-electron chi connectivity index (χ4n) is 2.10. The average Bonchev–Trinajstić information content (AvgIpc) is 2.48. The Balaban J connectivity index is 2.59. The smallest absolute Gasteiger partial charge is 0.242 e. The van der Waals surface area contributed by atoms with Gasteiger partial charge < -0.3 is 20.7 Å². The molecule has 6 heteroatoms. The summed E-state index contributed by atoms with van der Waals surface area (Å²) in [6, 6.07) is 0. The zero-order valence-corrected chi connectivity index (χ0v) is 14.6. The number of nitrogens with one attached hydrogen (secondary N) is 1. The van der Waals surface area contributed by atoms with Gasteiger partial charge in [0.2, 0.25) is 5.88 Å². The summed E-state index contributed by atoms with van der Waals surface area (Å²) in [6.07, 6.45) is 1.05. The summed E-state index contributed by atoms with van der Waals surface area (Å²) in [5.41, 5.74) is 6.60. The third-order valence-electron chi connectivity index (χ3n) is 3.41. The Morgan fingerprint density at radius 3 is 2.50 bits per heavy atom. The van der Waals surface area contributed by atoms with E-state index in [2.05, 4.69) is 47.9 Å². The minimum Gasteiger partial charge on any atom is -0.476 e. The predicted molar refractivity (Wildman–Crippen MR) is 92.4 cm³/mol. The van der Waals surface area contributed by atoms with E-state index < -0.39 is 0 Å². The summed E-state index contributed by atoms with van der Waals surface area (Å²) in [4.78, 5) is 11.1. The number of ether oxygens (including phenoxy) is 1. The van der Waals surface area contributed by atoms with E-state index in [1.807, 2.05) is 6.92 Å². The summed E-state index contributed by atoms with van der Waals surface area (Å²) in [6.45, 7) is 15.1.